The second-order valence-corrected chi connectivity index (χ2v) is 8.10. The lowest BCUT2D eigenvalue weighted by atomic mass is 9.56. The highest BCUT2D eigenvalue weighted by Crippen LogP contribution is 2.64. The number of benzene rings is 2. The van der Waals surface area contributed by atoms with Crippen LogP contribution in [0.5, 0.6) is 5.75 Å². The van der Waals surface area contributed by atoms with Crippen molar-refractivity contribution < 1.29 is 28.7 Å². The minimum atomic E-state index is -2.22. The summed E-state index contributed by atoms with van der Waals surface area (Å²) in [5.41, 5.74) is -4.19. The number of esters is 2. The number of hydrogen-bond acceptors (Lipinski definition) is 9. The molecule has 0 saturated carbocycles. The number of allylic oxidation sites excluding steroid dienone is 1. The Bertz CT molecular complexity index is 1380. The van der Waals surface area contributed by atoms with Crippen molar-refractivity contribution in [2.75, 3.05) is 20.8 Å². The molecule has 0 N–H and O–H groups in total. The summed E-state index contributed by atoms with van der Waals surface area (Å²) >= 11 is 0. The molecule has 37 heavy (non-hydrogen) atoms. The molecule has 0 spiro atoms. The van der Waals surface area contributed by atoms with Crippen molar-refractivity contribution in [2.24, 2.45) is 5.41 Å². The van der Waals surface area contributed by atoms with Gasteiger partial charge in [0.2, 0.25) is 0 Å². The Kier molecular flexibility index (Phi) is 7.45. The van der Waals surface area contributed by atoms with E-state index in [4.69, 9.17) is 14.2 Å². The molecule has 0 aromatic heterocycles. The van der Waals surface area contributed by atoms with E-state index in [0.29, 0.717) is 0 Å². The zero-order valence-corrected chi connectivity index (χ0v) is 20.4. The number of nitrogens with zero attached hydrogens (tertiary/aromatic N) is 3. The zero-order chi connectivity index (χ0) is 27.4. The van der Waals surface area contributed by atoms with E-state index >= 15 is 0 Å². The normalized spacial score (nSPS) is 17.8. The van der Waals surface area contributed by atoms with Gasteiger partial charge in [0, 0.05) is 34.4 Å². The molecule has 10 nitrogen and oxygen atoms in total. The van der Waals surface area contributed by atoms with Gasteiger partial charge in [-0.1, -0.05) is 36.9 Å². The predicted molar refractivity (Wildman–Crippen MR) is 131 cm³/mol. The maximum Gasteiger partial charge on any atom is 0.334 e. The lowest BCUT2D eigenvalue weighted by molar-refractivity contribution is -0.384. The lowest BCUT2D eigenvalue weighted by Crippen LogP contribution is -2.45. The molecule has 0 fully saturated rings. The van der Waals surface area contributed by atoms with Gasteiger partial charge in [0.15, 0.2) is 5.41 Å². The fourth-order valence-electron chi connectivity index (χ4n) is 4.85. The van der Waals surface area contributed by atoms with Crippen LogP contribution in [0.4, 0.5) is 5.69 Å². The number of nitriles is 2. The first-order chi connectivity index (χ1) is 17.7. The van der Waals surface area contributed by atoms with Crippen LogP contribution in [0.3, 0.4) is 0 Å². The van der Waals surface area contributed by atoms with E-state index in [0.717, 1.165) is 7.11 Å². The van der Waals surface area contributed by atoms with Crippen molar-refractivity contribution in [2.45, 2.75) is 18.8 Å². The standard InChI is InChI=1S/C27H23N3O7/c1-5-37-24(31)17(2)27(18-10-12-19(13-11-18)30(33)34)14-21(25(32)36-4)23(26(27,15-28)16-29)20-8-6-7-9-22(20)35-3/h6-13H,2,5,14H2,1,3-4H3. The molecule has 3 rings (SSSR count). The van der Waals surface area contributed by atoms with E-state index in [2.05, 4.69) is 18.7 Å². The minimum Gasteiger partial charge on any atom is -0.496 e. The monoisotopic (exact) mass is 501 g/mol. The third-order valence-electron chi connectivity index (χ3n) is 6.51. The van der Waals surface area contributed by atoms with Gasteiger partial charge < -0.3 is 14.2 Å². The number of ether oxygens (including phenoxy) is 3. The zero-order valence-electron chi connectivity index (χ0n) is 20.4. The first-order valence-corrected chi connectivity index (χ1v) is 11.1. The third kappa shape index (κ3) is 3.99. The Morgan fingerprint density at radius 3 is 2.24 bits per heavy atom. The average molecular weight is 501 g/mol. The number of hydrogen-bond donors (Lipinski definition) is 0. The number of para-hydroxylation sites is 1. The SMILES string of the molecule is C=C(C(=O)OCC)C1(c2ccc([N+](=O)[O-])cc2)CC(C(=O)OC)=C(c2ccccc2OC)C1(C#N)C#N. The van der Waals surface area contributed by atoms with E-state index in [1.54, 1.807) is 31.2 Å². The molecule has 188 valence electrons. The summed E-state index contributed by atoms with van der Waals surface area (Å²) < 4.78 is 15.7. The number of carbonyl (C=O) groups is 2. The number of non-ortho nitro benzene ring substituents is 1. The molecular formula is C27H23N3O7. The average Bonchev–Trinajstić information content (AvgIpc) is 3.24. The van der Waals surface area contributed by atoms with E-state index in [-0.39, 0.29) is 52.3 Å². The summed E-state index contributed by atoms with van der Waals surface area (Å²) in [7, 11) is 2.55. The molecule has 0 aliphatic heterocycles. The first kappa shape index (κ1) is 26.6. The van der Waals surface area contributed by atoms with Gasteiger partial charge in [0.05, 0.1) is 43.3 Å². The van der Waals surface area contributed by atoms with Crippen LogP contribution in [0.2, 0.25) is 0 Å². The van der Waals surface area contributed by atoms with Gasteiger partial charge in [-0.05, 0) is 25.0 Å². The smallest absolute Gasteiger partial charge is 0.334 e. The van der Waals surface area contributed by atoms with Gasteiger partial charge in [-0.25, -0.2) is 9.59 Å². The molecule has 1 aliphatic carbocycles. The molecular weight excluding hydrogens is 478 g/mol. The van der Waals surface area contributed by atoms with E-state index in [1.807, 2.05) is 0 Å². The van der Waals surface area contributed by atoms with Crippen LogP contribution in [0.15, 0.2) is 66.3 Å². The molecule has 2 aromatic carbocycles. The molecule has 0 heterocycles. The topological polar surface area (TPSA) is 153 Å². The van der Waals surface area contributed by atoms with Crippen LogP contribution in [0.25, 0.3) is 5.57 Å². The minimum absolute atomic E-state index is 0.00870. The Morgan fingerprint density at radius 2 is 1.73 bits per heavy atom. The second-order valence-electron chi connectivity index (χ2n) is 8.10. The molecule has 1 atom stereocenters. The highest BCUT2D eigenvalue weighted by atomic mass is 16.6. The van der Waals surface area contributed by atoms with Gasteiger partial charge in [0.1, 0.15) is 5.75 Å². The number of nitro groups is 1. The Balaban J connectivity index is 2.50. The molecule has 2 aromatic rings. The van der Waals surface area contributed by atoms with Gasteiger partial charge in [-0.2, -0.15) is 10.5 Å². The Morgan fingerprint density at radius 1 is 1.11 bits per heavy atom. The number of methoxy groups -OCH3 is 2. The summed E-state index contributed by atoms with van der Waals surface area (Å²) in [6.07, 6.45) is -0.344. The number of nitro benzene ring substituents is 1. The fraction of sp³-hybridized carbons (Fsp3) is 0.259. The third-order valence-corrected chi connectivity index (χ3v) is 6.51. The largest absolute Gasteiger partial charge is 0.496 e. The van der Waals surface area contributed by atoms with Crippen molar-refractivity contribution in [1.82, 2.24) is 0 Å². The Hall–Kier alpha value is -4.96. The van der Waals surface area contributed by atoms with Crippen molar-refractivity contribution in [1.29, 1.82) is 10.5 Å². The van der Waals surface area contributed by atoms with Crippen molar-refractivity contribution >= 4 is 23.2 Å². The lowest BCUT2D eigenvalue weighted by Gasteiger charge is -2.40. The van der Waals surface area contributed by atoms with Gasteiger partial charge in [-0.15, -0.1) is 0 Å². The molecule has 1 aliphatic rings. The highest BCUT2D eigenvalue weighted by Gasteiger charge is 2.66. The van der Waals surface area contributed by atoms with Crippen LogP contribution in [-0.4, -0.2) is 37.7 Å². The van der Waals surface area contributed by atoms with Crippen LogP contribution < -0.4 is 4.74 Å². The molecule has 0 radical (unpaired) electrons. The van der Waals surface area contributed by atoms with Crippen LogP contribution in [0, 0.1) is 38.2 Å². The van der Waals surface area contributed by atoms with Gasteiger partial charge >= 0.3 is 11.9 Å². The van der Waals surface area contributed by atoms with Gasteiger partial charge in [-0.3, -0.25) is 10.1 Å². The van der Waals surface area contributed by atoms with Crippen molar-refractivity contribution in [3.8, 4) is 17.9 Å². The highest BCUT2D eigenvalue weighted by molar-refractivity contribution is 6.06. The number of rotatable bonds is 8. The maximum absolute atomic E-state index is 13.1. The molecule has 1 unspecified atom stereocenters. The quantitative estimate of drug-likeness (QED) is 0.226. The van der Waals surface area contributed by atoms with E-state index in [1.165, 1.54) is 31.4 Å². The van der Waals surface area contributed by atoms with Crippen molar-refractivity contribution in [3.63, 3.8) is 0 Å². The summed E-state index contributed by atoms with van der Waals surface area (Å²) in [6, 6.07) is 15.7. The number of carbonyl (C=O) groups excluding carboxylic acids is 2. The summed E-state index contributed by atoms with van der Waals surface area (Å²) in [4.78, 5) is 36.9. The first-order valence-electron chi connectivity index (χ1n) is 11.1. The van der Waals surface area contributed by atoms with Crippen LogP contribution in [-0.2, 0) is 24.5 Å². The summed E-state index contributed by atoms with van der Waals surface area (Å²) in [5.74, 6) is -1.44. The van der Waals surface area contributed by atoms with Crippen LogP contribution in [0.1, 0.15) is 24.5 Å². The van der Waals surface area contributed by atoms with Crippen molar-refractivity contribution in [3.05, 3.63) is 87.5 Å². The van der Waals surface area contributed by atoms with E-state index < -0.39 is 27.7 Å². The molecule has 0 amide bonds. The Labute approximate surface area is 213 Å². The second kappa shape index (κ2) is 10.3. The summed E-state index contributed by atoms with van der Waals surface area (Å²) in [6.45, 7) is 5.49. The van der Waals surface area contributed by atoms with Crippen LogP contribution >= 0.6 is 0 Å². The molecule has 0 bridgehead atoms. The predicted octanol–water partition coefficient (Wildman–Crippen LogP) is 4.02. The maximum atomic E-state index is 13.1. The fourth-order valence-corrected chi connectivity index (χ4v) is 4.85. The molecule has 0 saturated heterocycles. The van der Waals surface area contributed by atoms with E-state index in [9.17, 15) is 30.2 Å². The van der Waals surface area contributed by atoms with Gasteiger partial charge in [0.25, 0.3) is 5.69 Å². The molecule has 10 heteroatoms. The summed E-state index contributed by atoms with van der Waals surface area (Å²) in [5, 5.41) is 32.7.